The highest BCUT2D eigenvalue weighted by Gasteiger charge is 2.28. The van der Waals surface area contributed by atoms with Crippen molar-refractivity contribution >= 4 is 5.91 Å². The van der Waals surface area contributed by atoms with Gasteiger partial charge >= 0.3 is 0 Å². The molecule has 6 heteroatoms. The lowest BCUT2D eigenvalue weighted by molar-refractivity contribution is -0.132. The van der Waals surface area contributed by atoms with Crippen LogP contribution in [0.2, 0.25) is 0 Å². The van der Waals surface area contributed by atoms with Crippen LogP contribution in [0.4, 0.5) is 0 Å². The van der Waals surface area contributed by atoms with Crippen LogP contribution in [0.15, 0.2) is 48.6 Å². The molecule has 0 aliphatic heterocycles. The zero-order valence-corrected chi connectivity index (χ0v) is 31.2. The molecule has 0 bridgehead atoms. The van der Waals surface area contributed by atoms with E-state index in [1.54, 1.807) is 0 Å². The molecule has 6 nitrogen and oxygen atoms in total. The molecule has 0 radical (unpaired) electrons. The SMILES string of the molecule is CCCCC/C=C\C/C=C\CCCCCCCCC(O)C(=O)NC(CO)C(O)C(O)CCC/C=C/CC/C=C/CCCCCCCCC. The lowest BCUT2D eigenvalue weighted by Gasteiger charge is -2.27. The summed E-state index contributed by atoms with van der Waals surface area (Å²) in [7, 11) is 0. The smallest absolute Gasteiger partial charge is 0.249 e. The molecule has 0 aromatic heterocycles. The second-order valence-corrected chi connectivity index (χ2v) is 13.6. The zero-order chi connectivity index (χ0) is 35.3. The van der Waals surface area contributed by atoms with Crippen LogP contribution >= 0.6 is 0 Å². The molecule has 0 fully saturated rings. The van der Waals surface area contributed by atoms with Gasteiger partial charge in [0.1, 0.15) is 12.2 Å². The molecular formula is C42H77NO5. The van der Waals surface area contributed by atoms with Gasteiger partial charge in [0.25, 0.3) is 0 Å². The maximum Gasteiger partial charge on any atom is 0.249 e. The molecule has 0 aromatic carbocycles. The Kier molecular flexibility index (Phi) is 35.2. The number of hydrogen-bond donors (Lipinski definition) is 5. The number of allylic oxidation sites excluding steroid dienone is 8. The number of hydrogen-bond acceptors (Lipinski definition) is 5. The summed E-state index contributed by atoms with van der Waals surface area (Å²) < 4.78 is 0. The highest BCUT2D eigenvalue weighted by atomic mass is 16.3. The molecule has 0 aliphatic rings. The van der Waals surface area contributed by atoms with E-state index in [0.717, 1.165) is 57.8 Å². The summed E-state index contributed by atoms with van der Waals surface area (Å²) in [4.78, 5) is 12.5. The van der Waals surface area contributed by atoms with Crippen molar-refractivity contribution in [3.63, 3.8) is 0 Å². The molecule has 280 valence electrons. The predicted octanol–water partition coefficient (Wildman–Crippen LogP) is 9.95. The maximum absolute atomic E-state index is 12.5. The third-order valence-electron chi connectivity index (χ3n) is 8.99. The topological polar surface area (TPSA) is 110 Å². The molecule has 0 heterocycles. The largest absolute Gasteiger partial charge is 0.394 e. The summed E-state index contributed by atoms with van der Waals surface area (Å²) in [5.74, 6) is -0.609. The van der Waals surface area contributed by atoms with Crippen LogP contribution in [-0.4, -0.2) is 57.3 Å². The molecular weight excluding hydrogens is 598 g/mol. The predicted molar refractivity (Wildman–Crippen MR) is 205 cm³/mol. The van der Waals surface area contributed by atoms with Gasteiger partial charge in [0.2, 0.25) is 5.91 Å². The van der Waals surface area contributed by atoms with Crippen LogP contribution in [0.25, 0.3) is 0 Å². The van der Waals surface area contributed by atoms with Crippen LogP contribution in [-0.2, 0) is 4.79 Å². The molecule has 0 rings (SSSR count). The van der Waals surface area contributed by atoms with Gasteiger partial charge in [0.05, 0.1) is 18.8 Å². The molecule has 0 saturated heterocycles. The third kappa shape index (κ3) is 30.3. The number of aliphatic hydroxyl groups is 4. The Morgan fingerprint density at radius 3 is 1.48 bits per heavy atom. The Labute approximate surface area is 296 Å². The van der Waals surface area contributed by atoms with Crippen LogP contribution in [0.1, 0.15) is 181 Å². The number of carbonyl (C=O) groups is 1. The van der Waals surface area contributed by atoms with E-state index in [-0.39, 0.29) is 0 Å². The van der Waals surface area contributed by atoms with Crippen molar-refractivity contribution in [1.82, 2.24) is 5.32 Å². The van der Waals surface area contributed by atoms with Crippen molar-refractivity contribution in [3.8, 4) is 0 Å². The minimum atomic E-state index is -1.29. The van der Waals surface area contributed by atoms with E-state index in [9.17, 15) is 25.2 Å². The Morgan fingerprint density at radius 2 is 0.938 bits per heavy atom. The van der Waals surface area contributed by atoms with E-state index in [2.05, 4.69) is 67.8 Å². The fraction of sp³-hybridized carbons (Fsp3) is 0.786. The molecule has 48 heavy (non-hydrogen) atoms. The second kappa shape index (κ2) is 36.5. The molecule has 0 aliphatic carbocycles. The standard InChI is InChI=1S/C42H77NO5/c1-3-5-7-9-11-13-15-17-19-21-23-25-27-29-31-33-35-39(45)41(47)38(37-44)43-42(48)40(46)36-34-32-30-28-26-24-22-20-18-16-14-12-10-8-6-4-2/h12,14,18-21,27,29,38-41,44-47H,3-11,13,15-17,22-26,28,30-37H2,1-2H3,(H,43,48)/b14-12-,20-18-,21-19+,29-27+. The minimum absolute atomic E-state index is 0.346. The summed E-state index contributed by atoms with van der Waals surface area (Å²) >= 11 is 0. The van der Waals surface area contributed by atoms with Crippen molar-refractivity contribution < 1.29 is 25.2 Å². The zero-order valence-electron chi connectivity index (χ0n) is 31.2. The summed E-state index contributed by atoms with van der Waals surface area (Å²) in [5.41, 5.74) is 0. The van der Waals surface area contributed by atoms with Crippen molar-refractivity contribution in [2.75, 3.05) is 6.61 Å². The number of amides is 1. The van der Waals surface area contributed by atoms with Gasteiger partial charge in [0.15, 0.2) is 0 Å². The molecule has 5 N–H and O–H groups in total. The van der Waals surface area contributed by atoms with E-state index in [0.29, 0.717) is 19.3 Å². The van der Waals surface area contributed by atoms with E-state index < -0.39 is 36.9 Å². The van der Waals surface area contributed by atoms with Gasteiger partial charge in [-0.25, -0.2) is 0 Å². The highest BCUT2D eigenvalue weighted by molar-refractivity contribution is 5.80. The van der Waals surface area contributed by atoms with Gasteiger partial charge in [-0.2, -0.15) is 0 Å². The third-order valence-corrected chi connectivity index (χ3v) is 8.99. The Morgan fingerprint density at radius 1 is 0.521 bits per heavy atom. The molecule has 4 unspecified atom stereocenters. The average molecular weight is 676 g/mol. The number of nitrogens with one attached hydrogen (secondary N) is 1. The summed E-state index contributed by atoms with van der Waals surface area (Å²) in [6.07, 6.45) is 42.7. The van der Waals surface area contributed by atoms with Crippen LogP contribution in [0, 0.1) is 0 Å². The summed E-state index contributed by atoms with van der Waals surface area (Å²) in [5, 5.41) is 43.5. The van der Waals surface area contributed by atoms with E-state index in [1.807, 2.05) is 0 Å². The van der Waals surface area contributed by atoms with E-state index >= 15 is 0 Å². The van der Waals surface area contributed by atoms with Crippen molar-refractivity contribution in [3.05, 3.63) is 48.6 Å². The summed E-state index contributed by atoms with van der Waals surface area (Å²) in [6.45, 7) is 3.98. The van der Waals surface area contributed by atoms with Gasteiger partial charge in [-0.1, -0.05) is 146 Å². The fourth-order valence-electron chi connectivity index (χ4n) is 5.74. The Balaban J connectivity index is 3.89. The molecule has 0 saturated carbocycles. The normalized spacial score (nSPS) is 14.9. The first-order valence-corrected chi connectivity index (χ1v) is 20.0. The van der Waals surface area contributed by atoms with E-state index in [4.69, 9.17) is 0 Å². The first kappa shape index (κ1) is 46.3. The van der Waals surface area contributed by atoms with Gasteiger partial charge < -0.3 is 25.7 Å². The molecule has 1 amide bonds. The molecule has 0 spiro atoms. The first-order valence-electron chi connectivity index (χ1n) is 20.0. The average Bonchev–Trinajstić information content (AvgIpc) is 3.09. The lowest BCUT2D eigenvalue weighted by atomic mass is 10.00. The first-order chi connectivity index (χ1) is 23.5. The van der Waals surface area contributed by atoms with Gasteiger partial charge in [0, 0.05) is 0 Å². The van der Waals surface area contributed by atoms with Crippen molar-refractivity contribution in [2.45, 2.75) is 205 Å². The van der Waals surface area contributed by atoms with Crippen LogP contribution < -0.4 is 5.32 Å². The highest BCUT2D eigenvalue weighted by Crippen LogP contribution is 2.13. The molecule has 0 aromatic rings. The number of rotatable bonds is 35. The molecule has 4 atom stereocenters. The van der Waals surface area contributed by atoms with Gasteiger partial charge in [-0.05, 0) is 83.5 Å². The van der Waals surface area contributed by atoms with Crippen molar-refractivity contribution in [1.29, 1.82) is 0 Å². The lowest BCUT2D eigenvalue weighted by Crippen LogP contribution is -2.53. The Bertz CT molecular complexity index is 808. The second-order valence-electron chi connectivity index (χ2n) is 13.6. The van der Waals surface area contributed by atoms with Crippen LogP contribution in [0.3, 0.4) is 0 Å². The quantitative estimate of drug-likeness (QED) is 0.0339. The van der Waals surface area contributed by atoms with Gasteiger partial charge in [-0.3, -0.25) is 4.79 Å². The fourth-order valence-corrected chi connectivity index (χ4v) is 5.74. The Hall–Kier alpha value is -1.73. The number of unbranched alkanes of at least 4 members (excludes halogenated alkanes) is 18. The minimum Gasteiger partial charge on any atom is -0.394 e. The summed E-state index contributed by atoms with van der Waals surface area (Å²) in [6, 6.07) is -1.01. The van der Waals surface area contributed by atoms with Crippen LogP contribution in [0.5, 0.6) is 0 Å². The van der Waals surface area contributed by atoms with Crippen molar-refractivity contribution in [2.24, 2.45) is 0 Å². The monoisotopic (exact) mass is 676 g/mol. The number of carbonyl (C=O) groups excluding carboxylic acids is 1. The van der Waals surface area contributed by atoms with Gasteiger partial charge in [-0.15, -0.1) is 0 Å². The maximum atomic E-state index is 12.5. The van der Waals surface area contributed by atoms with E-state index in [1.165, 1.54) is 89.9 Å². The number of aliphatic hydroxyl groups excluding tert-OH is 4.